The van der Waals surface area contributed by atoms with E-state index in [1.807, 2.05) is 30.3 Å². The molecular formula is C14H16IN3. The number of hydrogen-bond acceptors (Lipinski definition) is 3. The molecule has 0 saturated heterocycles. The Morgan fingerprint density at radius 3 is 2.61 bits per heavy atom. The minimum Gasteiger partial charge on any atom is -0.370 e. The standard InChI is InChI=1S/C14H16IN3/c1-2-10-16-13-8-5-9-14(18-13)17-12-7-4-3-6-11(12)15/h3-9H,2,10H2,1H3,(H2,16,17,18). The quantitative estimate of drug-likeness (QED) is 0.789. The summed E-state index contributed by atoms with van der Waals surface area (Å²) in [5, 5.41) is 6.61. The molecule has 0 atom stereocenters. The molecule has 0 radical (unpaired) electrons. The van der Waals surface area contributed by atoms with Crippen LogP contribution in [0.25, 0.3) is 0 Å². The highest BCUT2D eigenvalue weighted by Crippen LogP contribution is 2.21. The molecule has 0 bridgehead atoms. The van der Waals surface area contributed by atoms with Gasteiger partial charge in [-0.3, -0.25) is 0 Å². The maximum Gasteiger partial charge on any atom is 0.132 e. The van der Waals surface area contributed by atoms with E-state index in [1.165, 1.54) is 3.57 Å². The van der Waals surface area contributed by atoms with Crippen LogP contribution in [-0.2, 0) is 0 Å². The molecule has 0 aliphatic carbocycles. The number of nitrogens with one attached hydrogen (secondary N) is 2. The lowest BCUT2D eigenvalue weighted by Gasteiger charge is -2.09. The zero-order valence-electron chi connectivity index (χ0n) is 10.3. The van der Waals surface area contributed by atoms with Crippen LogP contribution in [0.4, 0.5) is 17.3 Å². The number of anilines is 3. The monoisotopic (exact) mass is 353 g/mol. The maximum atomic E-state index is 4.52. The molecule has 0 unspecified atom stereocenters. The summed E-state index contributed by atoms with van der Waals surface area (Å²) in [6, 6.07) is 14.1. The lowest BCUT2D eigenvalue weighted by Crippen LogP contribution is -2.03. The average molecular weight is 353 g/mol. The fourth-order valence-corrected chi connectivity index (χ4v) is 2.08. The van der Waals surface area contributed by atoms with Crippen LogP contribution >= 0.6 is 22.6 Å². The molecule has 0 spiro atoms. The van der Waals surface area contributed by atoms with Crippen molar-refractivity contribution < 1.29 is 0 Å². The molecular weight excluding hydrogens is 337 g/mol. The van der Waals surface area contributed by atoms with Crippen molar-refractivity contribution in [3.8, 4) is 0 Å². The van der Waals surface area contributed by atoms with Crippen molar-refractivity contribution in [3.63, 3.8) is 0 Å². The van der Waals surface area contributed by atoms with Crippen molar-refractivity contribution in [3.05, 3.63) is 46.0 Å². The summed E-state index contributed by atoms with van der Waals surface area (Å²) in [7, 11) is 0. The lowest BCUT2D eigenvalue weighted by molar-refractivity contribution is 0.970. The second-order valence-electron chi connectivity index (χ2n) is 3.94. The van der Waals surface area contributed by atoms with Crippen molar-refractivity contribution >= 4 is 39.9 Å². The fraction of sp³-hybridized carbons (Fsp3) is 0.214. The van der Waals surface area contributed by atoms with Gasteiger partial charge in [0.2, 0.25) is 0 Å². The Bertz CT molecular complexity index is 514. The van der Waals surface area contributed by atoms with Gasteiger partial charge < -0.3 is 10.6 Å². The maximum absolute atomic E-state index is 4.52. The normalized spacial score (nSPS) is 10.1. The van der Waals surface area contributed by atoms with E-state index in [-0.39, 0.29) is 0 Å². The number of pyridine rings is 1. The largest absolute Gasteiger partial charge is 0.370 e. The Balaban J connectivity index is 2.12. The molecule has 94 valence electrons. The Labute approximate surface area is 121 Å². The Hall–Kier alpha value is -1.30. The predicted molar refractivity (Wildman–Crippen MR) is 85.5 cm³/mol. The van der Waals surface area contributed by atoms with E-state index in [4.69, 9.17) is 0 Å². The van der Waals surface area contributed by atoms with Crippen molar-refractivity contribution in [2.45, 2.75) is 13.3 Å². The van der Waals surface area contributed by atoms with Crippen LogP contribution in [0.2, 0.25) is 0 Å². The summed E-state index contributed by atoms with van der Waals surface area (Å²) in [4.78, 5) is 4.52. The van der Waals surface area contributed by atoms with Crippen molar-refractivity contribution in [2.24, 2.45) is 0 Å². The summed E-state index contributed by atoms with van der Waals surface area (Å²) < 4.78 is 1.18. The minimum absolute atomic E-state index is 0.861. The molecule has 1 heterocycles. The number of nitrogens with zero attached hydrogens (tertiary/aromatic N) is 1. The van der Waals surface area contributed by atoms with Gasteiger partial charge in [0, 0.05) is 10.1 Å². The third-order valence-corrected chi connectivity index (χ3v) is 3.38. The lowest BCUT2D eigenvalue weighted by atomic mass is 10.3. The summed E-state index contributed by atoms with van der Waals surface area (Å²) in [5.41, 5.74) is 1.08. The fourth-order valence-electron chi connectivity index (χ4n) is 1.56. The Kier molecular flexibility index (Phi) is 4.81. The molecule has 1 aromatic carbocycles. The van der Waals surface area contributed by atoms with Gasteiger partial charge >= 0.3 is 0 Å². The number of hydrogen-bond donors (Lipinski definition) is 2. The van der Waals surface area contributed by atoms with Crippen LogP contribution in [0.3, 0.4) is 0 Å². The Morgan fingerprint density at radius 1 is 1.06 bits per heavy atom. The van der Waals surface area contributed by atoms with Crippen molar-refractivity contribution in [1.29, 1.82) is 0 Å². The first-order valence-electron chi connectivity index (χ1n) is 6.02. The van der Waals surface area contributed by atoms with Gasteiger partial charge in [-0.05, 0) is 53.3 Å². The molecule has 0 aliphatic rings. The van der Waals surface area contributed by atoms with Gasteiger partial charge in [0.25, 0.3) is 0 Å². The van der Waals surface area contributed by atoms with Gasteiger partial charge in [0.15, 0.2) is 0 Å². The van der Waals surface area contributed by atoms with E-state index < -0.39 is 0 Å². The number of halogens is 1. The van der Waals surface area contributed by atoms with E-state index in [9.17, 15) is 0 Å². The zero-order chi connectivity index (χ0) is 12.8. The Morgan fingerprint density at radius 2 is 1.83 bits per heavy atom. The van der Waals surface area contributed by atoms with E-state index in [0.717, 1.165) is 30.3 Å². The smallest absolute Gasteiger partial charge is 0.132 e. The van der Waals surface area contributed by atoms with Gasteiger partial charge in [-0.25, -0.2) is 4.98 Å². The molecule has 18 heavy (non-hydrogen) atoms. The summed E-state index contributed by atoms with van der Waals surface area (Å²) >= 11 is 2.31. The van der Waals surface area contributed by atoms with Crippen molar-refractivity contribution in [2.75, 3.05) is 17.2 Å². The molecule has 4 heteroatoms. The number of benzene rings is 1. The first kappa shape index (κ1) is 13.1. The molecule has 0 amide bonds. The average Bonchev–Trinajstić information content (AvgIpc) is 2.40. The zero-order valence-corrected chi connectivity index (χ0v) is 12.4. The van der Waals surface area contributed by atoms with Crippen LogP contribution in [0, 0.1) is 3.57 Å². The van der Waals surface area contributed by atoms with Gasteiger partial charge in [0.05, 0.1) is 5.69 Å². The highest BCUT2D eigenvalue weighted by atomic mass is 127. The number of rotatable bonds is 5. The van der Waals surface area contributed by atoms with Crippen LogP contribution < -0.4 is 10.6 Å². The van der Waals surface area contributed by atoms with Gasteiger partial charge in [0.1, 0.15) is 11.6 Å². The second kappa shape index (κ2) is 6.58. The van der Waals surface area contributed by atoms with E-state index in [2.05, 4.69) is 57.3 Å². The number of para-hydroxylation sites is 1. The summed E-state index contributed by atoms with van der Waals surface area (Å²) in [6.45, 7) is 3.08. The third-order valence-electron chi connectivity index (χ3n) is 2.44. The molecule has 3 nitrogen and oxygen atoms in total. The first-order chi connectivity index (χ1) is 8.79. The molecule has 2 rings (SSSR count). The van der Waals surface area contributed by atoms with Gasteiger partial charge in [-0.2, -0.15) is 0 Å². The highest BCUT2D eigenvalue weighted by molar-refractivity contribution is 14.1. The van der Waals surface area contributed by atoms with E-state index in [0.29, 0.717) is 0 Å². The minimum atomic E-state index is 0.861. The summed E-state index contributed by atoms with van der Waals surface area (Å²) in [6.07, 6.45) is 1.09. The predicted octanol–water partition coefficient (Wildman–Crippen LogP) is 4.25. The van der Waals surface area contributed by atoms with Crippen LogP contribution in [0.1, 0.15) is 13.3 Å². The SMILES string of the molecule is CCCNc1cccc(Nc2ccccc2I)n1. The molecule has 2 N–H and O–H groups in total. The molecule has 0 saturated carbocycles. The van der Waals surface area contributed by atoms with E-state index >= 15 is 0 Å². The molecule has 2 aromatic rings. The van der Waals surface area contributed by atoms with Crippen LogP contribution in [0.15, 0.2) is 42.5 Å². The molecule has 0 aliphatic heterocycles. The highest BCUT2D eigenvalue weighted by Gasteiger charge is 2.00. The first-order valence-corrected chi connectivity index (χ1v) is 7.10. The van der Waals surface area contributed by atoms with Gasteiger partial charge in [-0.1, -0.05) is 25.1 Å². The topological polar surface area (TPSA) is 37.0 Å². The number of aromatic nitrogens is 1. The van der Waals surface area contributed by atoms with E-state index in [1.54, 1.807) is 0 Å². The van der Waals surface area contributed by atoms with Crippen LogP contribution in [0.5, 0.6) is 0 Å². The summed E-state index contributed by atoms with van der Waals surface area (Å²) in [5.74, 6) is 1.77. The molecule has 1 aromatic heterocycles. The van der Waals surface area contributed by atoms with Gasteiger partial charge in [-0.15, -0.1) is 0 Å². The van der Waals surface area contributed by atoms with Crippen LogP contribution in [-0.4, -0.2) is 11.5 Å². The molecule has 0 fully saturated rings. The second-order valence-corrected chi connectivity index (χ2v) is 5.10. The van der Waals surface area contributed by atoms with Crippen molar-refractivity contribution in [1.82, 2.24) is 4.98 Å². The third kappa shape index (κ3) is 3.60.